The molecule has 0 aromatic heterocycles. The molecule has 84 valence electrons. The Balaban J connectivity index is 2.42. The van der Waals surface area contributed by atoms with E-state index in [0.29, 0.717) is 19.4 Å². The van der Waals surface area contributed by atoms with E-state index in [1.165, 1.54) is 0 Å². The van der Waals surface area contributed by atoms with Crippen molar-refractivity contribution >= 4 is 5.97 Å². The van der Waals surface area contributed by atoms with Crippen molar-refractivity contribution in [2.75, 3.05) is 6.61 Å². The van der Waals surface area contributed by atoms with E-state index in [1.54, 1.807) is 19.9 Å². The molecule has 1 rings (SSSR count). The molecule has 0 unspecified atom stereocenters. The number of allylic oxidation sites excluding steroid dienone is 2. The van der Waals surface area contributed by atoms with Gasteiger partial charge in [0.05, 0.1) is 12.2 Å². The van der Waals surface area contributed by atoms with Crippen molar-refractivity contribution in [1.82, 2.24) is 0 Å². The molecular weight excluding hydrogens is 192 g/mol. The first kappa shape index (κ1) is 12.0. The van der Waals surface area contributed by atoms with Crippen molar-refractivity contribution in [3.05, 3.63) is 24.3 Å². The second-order valence-electron chi connectivity index (χ2n) is 3.92. The van der Waals surface area contributed by atoms with E-state index in [-0.39, 0.29) is 11.9 Å². The number of ether oxygens (including phenoxy) is 1. The lowest BCUT2D eigenvalue weighted by Crippen LogP contribution is -2.32. The van der Waals surface area contributed by atoms with Gasteiger partial charge in [-0.15, -0.1) is 0 Å². The van der Waals surface area contributed by atoms with Crippen LogP contribution >= 0.6 is 0 Å². The first-order valence-electron chi connectivity index (χ1n) is 5.30. The molecule has 1 aliphatic carbocycles. The van der Waals surface area contributed by atoms with Crippen LogP contribution in [0, 0.1) is 5.92 Å². The summed E-state index contributed by atoms with van der Waals surface area (Å²) in [5.41, 5.74) is -0.846. The summed E-state index contributed by atoms with van der Waals surface area (Å²) < 4.78 is 4.84. The van der Waals surface area contributed by atoms with E-state index in [1.807, 2.05) is 18.2 Å². The maximum absolute atomic E-state index is 11.2. The van der Waals surface area contributed by atoms with Gasteiger partial charge in [0.25, 0.3) is 0 Å². The molecule has 0 spiro atoms. The van der Waals surface area contributed by atoms with Gasteiger partial charge in [-0.1, -0.05) is 24.3 Å². The van der Waals surface area contributed by atoms with Gasteiger partial charge in [0.2, 0.25) is 0 Å². The largest absolute Gasteiger partial charge is 0.466 e. The first-order chi connectivity index (χ1) is 7.06. The van der Waals surface area contributed by atoms with Crippen molar-refractivity contribution in [3.63, 3.8) is 0 Å². The van der Waals surface area contributed by atoms with E-state index in [9.17, 15) is 9.90 Å². The highest BCUT2D eigenvalue weighted by atomic mass is 16.5. The Labute approximate surface area is 90.4 Å². The Morgan fingerprint density at radius 1 is 1.53 bits per heavy atom. The van der Waals surface area contributed by atoms with Crippen LogP contribution in [-0.4, -0.2) is 23.3 Å². The summed E-state index contributed by atoms with van der Waals surface area (Å²) in [7, 11) is 0. The van der Waals surface area contributed by atoms with E-state index in [0.717, 1.165) is 0 Å². The molecule has 0 bridgehead atoms. The molecule has 3 nitrogen and oxygen atoms in total. The van der Waals surface area contributed by atoms with E-state index >= 15 is 0 Å². The minimum atomic E-state index is -0.846. The number of hydrogen-bond donors (Lipinski definition) is 1. The second-order valence-corrected chi connectivity index (χ2v) is 3.92. The summed E-state index contributed by atoms with van der Waals surface area (Å²) in [6.07, 6.45) is 8.37. The number of aliphatic hydroxyl groups is 1. The molecule has 0 aromatic rings. The normalized spacial score (nSPS) is 29.1. The van der Waals surface area contributed by atoms with Gasteiger partial charge < -0.3 is 9.84 Å². The fourth-order valence-corrected chi connectivity index (χ4v) is 1.66. The number of carbonyl (C=O) groups is 1. The Morgan fingerprint density at radius 2 is 2.27 bits per heavy atom. The van der Waals surface area contributed by atoms with Gasteiger partial charge in [-0.2, -0.15) is 0 Å². The monoisotopic (exact) mass is 210 g/mol. The summed E-state index contributed by atoms with van der Waals surface area (Å²) in [5, 5.41) is 9.99. The Kier molecular flexibility index (Phi) is 4.09. The third-order valence-electron chi connectivity index (χ3n) is 2.60. The van der Waals surface area contributed by atoms with E-state index in [4.69, 9.17) is 4.74 Å². The zero-order valence-corrected chi connectivity index (χ0v) is 9.27. The van der Waals surface area contributed by atoms with Crippen molar-refractivity contribution in [1.29, 1.82) is 0 Å². The topological polar surface area (TPSA) is 46.5 Å². The summed E-state index contributed by atoms with van der Waals surface area (Å²) in [6, 6.07) is 0. The molecule has 0 radical (unpaired) electrons. The molecule has 1 aliphatic rings. The predicted molar refractivity (Wildman–Crippen MR) is 58.3 cm³/mol. The van der Waals surface area contributed by atoms with Crippen molar-refractivity contribution in [2.24, 2.45) is 5.92 Å². The molecule has 0 aliphatic heterocycles. The second kappa shape index (κ2) is 5.12. The molecule has 0 amide bonds. The third-order valence-corrected chi connectivity index (χ3v) is 2.60. The van der Waals surface area contributed by atoms with Crippen LogP contribution in [0.3, 0.4) is 0 Å². The zero-order chi connectivity index (χ0) is 11.3. The molecule has 3 heteroatoms. The van der Waals surface area contributed by atoms with Crippen molar-refractivity contribution in [2.45, 2.75) is 32.3 Å². The van der Waals surface area contributed by atoms with Gasteiger partial charge >= 0.3 is 5.97 Å². The number of rotatable bonds is 4. The first-order valence-corrected chi connectivity index (χ1v) is 5.30. The Bertz CT molecular complexity index is 277. The van der Waals surface area contributed by atoms with Gasteiger partial charge in [0, 0.05) is 12.3 Å². The average molecular weight is 210 g/mol. The molecule has 2 atom stereocenters. The summed E-state index contributed by atoms with van der Waals surface area (Å²) in [5.74, 6) is -0.205. The molecule has 0 saturated carbocycles. The molecule has 0 heterocycles. The van der Waals surface area contributed by atoms with Gasteiger partial charge in [-0.05, 0) is 20.3 Å². The summed E-state index contributed by atoms with van der Waals surface area (Å²) >= 11 is 0. The van der Waals surface area contributed by atoms with E-state index < -0.39 is 5.60 Å². The van der Waals surface area contributed by atoms with Crippen LogP contribution in [0.4, 0.5) is 0 Å². The molecule has 0 fully saturated rings. The minimum Gasteiger partial charge on any atom is -0.466 e. The highest BCUT2D eigenvalue weighted by Crippen LogP contribution is 2.27. The van der Waals surface area contributed by atoms with Crippen molar-refractivity contribution in [3.8, 4) is 0 Å². The summed E-state index contributed by atoms with van der Waals surface area (Å²) in [4.78, 5) is 11.2. The minimum absolute atomic E-state index is 0.00749. The van der Waals surface area contributed by atoms with Crippen LogP contribution < -0.4 is 0 Å². The van der Waals surface area contributed by atoms with Crippen LogP contribution in [-0.2, 0) is 9.53 Å². The lowest BCUT2D eigenvalue weighted by molar-refractivity contribution is -0.143. The third kappa shape index (κ3) is 3.51. The average Bonchev–Trinajstić information content (AvgIpc) is 2.16. The van der Waals surface area contributed by atoms with Crippen LogP contribution in [0.1, 0.15) is 26.7 Å². The van der Waals surface area contributed by atoms with Crippen LogP contribution in [0.15, 0.2) is 24.3 Å². The zero-order valence-electron chi connectivity index (χ0n) is 9.27. The van der Waals surface area contributed by atoms with Crippen LogP contribution in [0.25, 0.3) is 0 Å². The SMILES string of the molecule is CCOC(=O)CC[C@@H]1C=CC=C[C@]1(C)O. The highest BCUT2D eigenvalue weighted by Gasteiger charge is 2.28. The predicted octanol–water partition coefficient (Wildman–Crippen LogP) is 1.82. The molecule has 15 heavy (non-hydrogen) atoms. The molecule has 0 aromatic carbocycles. The standard InChI is InChI=1S/C12H18O3/c1-3-15-11(13)8-7-10-6-4-5-9-12(10,2)14/h4-6,9-10,14H,3,7-8H2,1-2H3/t10-,12-/m0/s1. The molecule has 1 N–H and O–H groups in total. The number of esters is 1. The van der Waals surface area contributed by atoms with Crippen molar-refractivity contribution < 1.29 is 14.6 Å². The fraction of sp³-hybridized carbons (Fsp3) is 0.583. The molecule has 0 saturated heterocycles. The quantitative estimate of drug-likeness (QED) is 0.720. The van der Waals surface area contributed by atoms with Crippen LogP contribution in [0.5, 0.6) is 0 Å². The van der Waals surface area contributed by atoms with Crippen LogP contribution in [0.2, 0.25) is 0 Å². The van der Waals surface area contributed by atoms with Gasteiger partial charge in [0.1, 0.15) is 0 Å². The maximum Gasteiger partial charge on any atom is 0.305 e. The Hall–Kier alpha value is -1.09. The Morgan fingerprint density at radius 3 is 2.87 bits per heavy atom. The lowest BCUT2D eigenvalue weighted by atomic mass is 9.82. The van der Waals surface area contributed by atoms with E-state index in [2.05, 4.69) is 0 Å². The number of hydrogen-bond acceptors (Lipinski definition) is 3. The lowest BCUT2D eigenvalue weighted by Gasteiger charge is -2.29. The van der Waals surface area contributed by atoms with Gasteiger partial charge in [-0.3, -0.25) is 4.79 Å². The smallest absolute Gasteiger partial charge is 0.305 e. The van der Waals surface area contributed by atoms with Gasteiger partial charge in [-0.25, -0.2) is 0 Å². The van der Waals surface area contributed by atoms with Gasteiger partial charge in [0.15, 0.2) is 0 Å². The fourth-order valence-electron chi connectivity index (χ4n) is 1.66. The maximum atomic E-state index is 11.2. The summed E-state index contributed by atoms with van der Waals surface area (Å²) in [6.45, 7) is 3.95. The molecular formula is C12H18O3. The highest BCUT2D eigenvalue weighted by molar-refractivity contribution is 5.69. The number of carbonyl (C=O) groups excluding carboxylic acids is 1.